The average molecular weight is 143 g/mol. The molecule has 0 heterocycles. The second-order valence-electron chi connectivity index (χ2n) is 1.95. The molecule has 10 heavy (non-hydrogen) atoms. The van der Waals surface area contributed by atoms with Crippen LogP contribution in [0.25, 0.3) is 0 Å². The molecule has 1 radical (unpaired) electrons. The van der Waals surface area contributed by atoms with E-state index < -0.39 is 0 Å². The van der Waals surface area contributed by atoms with E-state index in [1.54, 1.807) is 6.08 Å². The first kappa shape index (κ1) is 9.66. The molecule has 1 N–H and O–H groups in total. The van der Waals surface area contributed by atoms with Gasteiger partial charge in [0.1, 0.15) is 0 Å². The fourth-order valence-electron chi connectivity index (χ4n) is 0.588. The van der Waals surface area contributed by atoms with E-state index >= 15 is 0 Å². The van der Waals surface area contributed by atoms with Crippen molar-refractivity contribution in [3.05, 3.63) is 19.1 Å². The highest BCUT2D eigenvalue weighted by Crippen LogP contribution is 1.93. The SMILES string of the molecule is C=C[CH]CCCOCCO. The van der Waals surface area contributed by atoms with Crippen LogP contribution < -0.4 is 0 Å². The van der Waals surface area contributed by atoms with E-state index in [4.69, 9.17) is 9.84 Å². The van der Waals surface area contributed by atoms with Crippen molar-refractivity contribution in [3.63, 3.8) is 0 Å². The van der Waals surface area contributed by atoms with E-state index in [9.17, 15) is 0 Å². The van der Waals surface area contributed by atoms with Crippen molar-refractivity contribution in [2.75, 3.05) is 19.8 Å². The van der Waals surface area contributed by atoms with Gasteiger partial charge in [-0.15, -0.1) is 6.58 Å². The highest BCUT2D eigenvalue weighted by atomic mass is 16.5. The molecule has 0 aromatic carbocycles. The molecule has 0 rings (SSSR count). The molecule has 0 aromatic rings. The van der Waals surface area contributed by atoms with E-state index in [0.717, 1.165) is 19.4 Å². The van der Waals surface area contributed by atoms with Gasteiger partial charge in [0.15, 0.2) is 0 Å². The van der Waals surface area contributed by atoms with Gasteiger partial charge >= 0.3 is 0 Å². The summed E-state index contributed by atoms with van der Waals surface area (Å²) >= 11 is 0. The average Bonchev–Trinajstić information content (AvgIpc) is 1.97. The maximum Gasteiger partial charge on any atom is 0.0697 e. The molecule has 0 aliphatic carbocycles. The minimum absolute atomic E-state index is 0.116. The van der Waals surface area contributed by atoms with Crippen molar-refractivity contribution in [1.29, 1.82) is 0 Å². The molecule has 0 aliphatic heterocycles. The molecule has 0 fully saturated rings. The summed E-state index contributed by atoms with van der Waals surface area (Å²) in [6.07, 6.45) is 5.80. The Bertz CT molecular complexity index is 71.7. The van der Waals surface area contributed by atoms with Gasteiger partial charge in [0.25, 0.3) is 0 Å². The third-order valence-corrected chi connectivity index (χ3v) is 1.06. The minimum Gasteiger partial charge on any atom is -0.394 e. The molecule has 0 unspecified atom stereocenters. The van der Waals surface area contributed by atoms with Crippen LogP contribution in [0.5, 0.6) is 0 Å². The Kier molecular flexibility index (Phi) is 8.37. The van der Waals surface area contributed by atoms with Gasteiger partial charge in [0.2, 0.25) is 0 Å². The minimum atomic E-state index is 0.116. The van der Waals surface area contributed by atoms with Crippen molar-refractivity contribution in [2.45, 2.75) is 12.8 Å². The lowest BCUT2D eigenvalue weighted by molar-refractivity contribution is 0.0909. The molecule has 0 aliphatic rings. The Balaban J connectivity index is 2.70. The molecular formula is C8H15O2. The highest BCUT2D eigenvalue weighted by molar-refractivity contribution is 4.85. The van der Waals surface area contributed by atoms with Gasteiger partial charge in [-0.25, -0.2) is 0 Å². The molecule has 0 bridgehead atoms. The lowest BCUT2D eigenvalue weighted by Crippen LogP contribution is -2.00. The van der Waals surface area contributed by atoms with Crippen LogP contribution >= 0.6 is 0 Å². The third kappa shape index (κ3) is 7.66. The van der Waals surface area contributed by atoms with Crippen LogP contribution in [0.15, 0.2) is 12.7 Å². The van der Waals surface area contributed by atoms with Gasteiger partial charge in [-0.1, -0.05) is 6.08 Å². The maximum absolute atomic E-state index is 8.32. The zero-order valence-electron chi connectivity index (χ0n) is 6.25. The summed E-state index contributed by atoms with van der Waals surface area (Å²) in [5.41, 5.74) is 0. The maximum atomic E-state index is 8.32. The Hall–Kier alpha value is -0.340. The van der Waals surface area contributed by atoms with Crippen LogP contribution in [0.1, 0.15) is 12.8 Å². The number of aliphatic hydroxyl groups is 1. The molecule has 0 saturated carbocycles. The quantitative estimate of drug-likeness (QED) is 0.542. The number of unbranched alkanes of at least 4 members (excludes halogenated alkanes) is 2. The number of hydrogen-bond donors (Lipinski definition) is 1. The number of aliphatic hydroxyl groups excluding tert-OH is 1. The molecule has 0 saturated heterocycles. The standard InChI is InChI=1S/C8H15O2/c1-2-3-4-5-7-10-8-6-9/h2-3,9H,1,4-8H2. The van der Waals surface area contributed by atoms with Crippen molar-refractivity contribution in [1.82, 2.24) is 0 Å². The second-order valence-corrected chi connectivity index (χ2v) is 1.95. The van der Waals surface area contributed by atoms with Gasteiger partial charge in [-0.3, -0.25) is 0 Å². The van der Waals surface area contributed by atoms with E-state index in [2.05, 4.69) is 6.58 Å². The number of rotatable bonds is 7. The van der Waals surface area contributed by atoms with E-state index in [1.807, 2.05) is 6.42 Å². The topological polar surface area (TPSA) is 29.5 Å². The summed E-state index contributed by atoms with van der Waals surface area (Å²) < 4.78 is 5.03. The van der Waals surface area contributed by atoms with Crippen LogP contribution in [-0.2, 0) is 4.74 Å². The summed E-state index contributed by atoms with van der Waals surface area (Å²) in [6, 6.07) is 0. The van der Waals surface area contributed by atoms with E-state index in [-0.39, 0.29) is 6.61 Å². The Morgan fingerprint density at radius 2 is 2.20 bits per heavy atom. The lowest BCUT2D eigenvalue weighted by atomic mass is 10.2. The molecule has 59 valence electrons. The van der Waals surface area contributed by atoms with Crippen molar-refractivity contribution in [3.8, 4) is 0 Å². The molecule has 0 aromatic heterocycles. The van der Waals surface area contributed by atoms with Crippen molar-refractivity contribution >= 4 is 0 Å². The molecular weight excluding hydrogens is 128 g/mol. The predicted molar refractivity (Wildman–Crippen MR) is 41.6 cm³/mol. The van der Waals surface area contributed by atoms with Crippen LogP contribution in [0.3, 0.4) is 0 Å². The van der Waals surface area contributed by atoms with Crippen LogP contribution in [0.2, 0.25) is 0 Å². The van der Waals surface area contributed by atoms with Crippen LogP contribution in [0, 0.1) is 6.42 Å². The zero-order chi connectivity index (χ0) is 7.66. The second kappa shape index (κ2) is 8.66. The van der Waals surface area contributed by atoms with Crippen molar-refractivity contribution < 1.29 is 9.84 Å². The Morgan fingerprint density at radius 3 is 2.80 bits per heavy atom. The molecule has 2 heteroatoms. The number of ether oxygens (including phenoxy) is 1. The molecule has 0 atom stereocenters. The van der Waals surface area contributed by atoms with E-state index in [0.29, 0.717) is 6.61 Å². The first-order valence-corrected chi connectivity index (χ1v) is 3.54. The van der Waals surface area contributed by atoms with E-state index in [1.165, 1.54) is 0 Å². The van der Waals surface area contributed by atoms with Crippen LogP contribution in [-0.4, -0.2) is 24.9 Å². The fourth-order valence-corrected chi connectivity index (χ4v) is 0.588. The van der Waals surface area contributed by atoms with Crippen LogP contribution in [0.4, 0.5) is 0 Å². The highest BCUT2D eigenvalue weighted by Gasteiger charge is 1.86. The fraction of sp³-hybridized carbons (Fsp3) is 0.625. The summed E-state index contributed by atoms with van der Waals surface area (Å²) in [6.45, 7) is 4.85. The summed E-state index contributed by atoms with van der Waals surface area (Å²) in [4.78, 5) is 0. The number of allylic oxidation sites excluding steroid dienone is 1. The molecule has 0 spiro atoms. The summed E-state index contributed by atoms with van der Waals surface area (Å²) in [5.74, 6) is 0. The van der Waals surface area contributed by atoms with Gasteiger partial charge < -0.3 is 9.84 Å². The van der Waals surface area contributed by atoms with Crippen molar-refractivity contribution in [2.24, 2.45) is 0 Å². The Labute approximate surface area is 62.5 Å². The smallest absolute Gasteiger partial charge is 0.0697 e. The van der Waals surface area contributed by atoms with Gasteiger partial charge in [-0.2, -0.15) is 0 Å². The summed E-state index contributed by atoms with van der Waals surface area (Å²) in [7, 11) is 0. The largest absolute Gasteiger partial charge is 0.394 e. The monoisotopic (exact) mass is 143 g/mol. The predicted octanol–water partition coefficient (Wildman–Crippen LogP) is 1.17. The number of hydrogen-bond acceptors (Lipinski definition) is 2. The Morgan fingerprint density at radius 1 is 1.40 bits per heavy atom. The first-order valence-electron chi connectivity index (χ1n) is 3.54. The normalized spacial score (nSPS) is 9.70. The van der Waals surface area contributed by atoms with Gasteiger partial charge in [-0.05, 0) is 19.3 Å². The molecule has 0 amide bonds. The first-order chi connectivity index (χ1) is 4.91. The van der Waals surface area contributed by atoms with Gasteiger partial charge in [0.05, 0.1) is 13.2 Å². The van der Waals surface area contributed by atoms with Gasteiger partial charge in [0, 0.05) is 6.61 Å². The zero-order valence-corrected chi connectivity index (χ0v) is 6.25. The third-order valence-electron chi connectivity index (χ3n) is 1.06. The molecule has 2 nitrogen and oxygen atoms in total. The lowest BCUT2D eigenvalue weighted by Gasteiger charge is -1.99. The summed E-state index contributed by atoms with van der Waals surface area (Å²) in [5, 5.41) is 8.32.